The molecular formula is C14H17NO. The van der Waals surface area contributed by atoms with E-state index in [2.05, 4.69) is 11.2 Å². The van der Waals surface area contributed by atoms with Gasteiger partial charge in [0.1, 0.15) is 0 Å². The molecule has 1 aromatic rings. The van der Waals surface area contributed by atoms with Gasteiger partial charge in [-0.1, -0.05) is 17.7 Å². The van der Waals surface area contributed by atoms with E-state index in [0.29, 0.717) is 6.42 Å². The first-order valence-corrected chi connectivity index (χ1v) is 5.36. The average Bonchev–Trinajstić information content (AvgIpc) is 2.21. The Hall–Kier alpha value is -1.75. The van der Waals surface area contributed by atoms with Crippen molar-refractivity contribution in [3.8, 4) is 12.3 Å². The molecule has 16 heavy (non-hydrogen) atoms. The zero-order valence-electron chi connectivity index (χ0n) is 10.0. The van der Waals surface area contributed by atoms with Crippen LogP contribution in [0.4, 0.5) is 0 Å². The van der Waals surface area contributed by atoms with Gasteiger partial charge in [0.2, 0.25) is 0 Å². The molecule has 1 amide bonds. The lowest BCUT2D eigenvalue weighted by atomic mass is 10.0. The van der Waals surface area contributed by atoms with Gasteiger partial charge in [0.25, 0.3) is 5.91 Å². The number of aryl methyl sites for hydroxylation is 2. The van der Waals surface area contributed by atoms with Crippen molar-refractivity contribution < 1.29 is 4.79 Å². The standard InChI is InChI=1S/C14H17NO/c1-5-6-12(4)15-14(16)13-9-10(2)7-8-11(13)3/h1,7-9,12H,6H2,2-4H3,(H,15,16). The molecule has 1 aromatic carbocycles. The summed E-state index contributed by atoms with van der Waals surface area (Å²) in [4.78, 5) is 11.9. The number of hydrogen-bond donors (Lipinski definition) is 1. The van der Waals surface area contributed by atoms with Crippen molar-refractivity contribution in [1.29, 1.82) is 0 Å². The van der Waals surface area contributed by atoms with E-state index >= 15 is 0 Å². The summed E-state index contributed by atoms with van der Waals surface area (Å²) in [6.45, 7) is 5.81. The van der Waals surface area contributed by atoms with Crippen molar-refractivity contribution >= 4 is 5.91 Å². The van der Waals surface area contributed by atoms with Crippen molar-refractivity contribution in [2.75, 3.05) is 0 Å². The summed E-state index contributed by atoms with van der Waals surface area (Å²) in [5, 5.41) is 2.88. The topological polar surface area (TPSA) is 29.1 Å². The third-order valence-corrected chi connectivity index (χ3v) is 2.44. The van der Waals surface area contributed by atoms with Gasteiger partial charge < -0.3 is 5.32 Å². The van der Waals surface area contributed by atoms with Crippen LogP contribution in [0.2, 0.25) is 0 Å². The predicted molar refractivity (Wildman–Crippen MR) is 66.3 cm³/mol. The van der Waals surface area contributed by atoms with Crippen LogP contribution in [-0.2, 0) is 0 Å². The van der Waals surface area contributed by atoms with Crippen molar-refractivity contribution in [3.63, 3.8) is 0 Å². The largest absolute Gasteiger partial charge is 0.349 e. The summed E-state index contributed by atoms with van der Waals surface area (Å²) in [6, 6.07) is 5.86. The monoisotopic (exact) mass is 215 g/mol. The molecule has 2 nitrogen and oxygen atoms in total. The van der Waals surface area contributed by atoms with Crippen molar-refractivity contribution in [2.24, 2.45) is 0 Å². The van der Waals surface area contributed by atoms with Gasteiger partial charge in [-0.2, -0.15) is 0 Å². The van der Waals surface area contributed by atoms with Crippen molar-refractivity contribution in [3.05, 3.63) is 34.9 Å². The molecule has 0 saturated carbocycles. The maximum Gasteiger partial charge on any atom is 0.251 e. The number of carbonyl (C=O) groups excluding carboxylic acids is 1. The zero-order chi connectivity index (χ0) is 12.1. The quantitative estimate of drug-likeness (QED) is 0.771. The minimum absolute atomic E-state index is 0.0115. The van der Waals surface area contributed by atoms with Crippen molar-refractivity contribution in [1.82, 2.24) is 5.32 Å². The van der Waals surface area contributed by atoms with Crippen LogP contribution in [0, 0.1) is 26.2 Å². The summed E-state index contributed by atoms with van der Waals surface area (Å²) in [6.07, 6.45) is 5.75. The van der Waals surface area contributed by atoms with E-state index in [9.17, 15) is 4.79 Å². The molecule has 1 atom stereocenters. The number of terminal acetylenes is 1. The van der Waals surface area contributed by atoms with Gasteiger partial charge in [-0.05, 0) is 32.4 Å². The molecule has 1 N–H and O–H groups in total. The number of nitrogens with one attached hydrogen (secondary N) is 1. The van der Waals surface area contributed by atoms with Gasteiger partial charge in [-0.25, -0.2) is 0 Å². The zero-order valence-corrected chi connectivity index (χ0v) is 10.0. The molecule has 84 valence electrons. The fourth-order valence-corrected chi connectivity index (χ4v) is 1.51. The minimum atomic E-state index is -0.0519. The lowest BCUT2D eigenvalue weighted by Gasteiger charge is -2.12. The summed E-state index contributed by atoms with van der Waals surface area (Å²) in [5.74, 6) is 2.48. The third-order valence-electron chi connectivity index (χ3n) is 2.44. The van der Waals surface area contributed by atoms with E-state index in [-0.39, 0.29) is 11.9 Å². The van der Waals surface area contributed by atoms with Crippen molar-refractivity contribution in [2.45, 2.75) is 33.2 Å². The molecule has 0 bridgehead atoms. The summed E-state index contributed by atoms with van der Waals surface area (Å²) >= 11 is 0. The highest BCUT2D eigenvalue weighted by Gasteiger charge is 2.11. The van der Waals surface area contributed by atoms with Crippen LogP contribution < -0.4 is 5.32 Å². The summed E-state index contributed by atoms with van der Waals surface area (Å²) in [5.41, 5.74) is 2.79. The molecule has 0 spiro atoms. The lowest BCUT2D eigenvalue weighted by molar-refractivity contribution is 0.0940. The Morgan fingerprint density at radius 1 is 1.50 bits per heavy atom. The Balaban J connectivity index is 2.81. The van der Waals surface area contributed by atoms with Gasteiger partial charge in [0.15, 0.2) is 0 Å². The fourth-order valence-electron chi connectivity index (χ4n) is 1.51. The number of hydrogen-bond acceptors (Lipinski definition) is 1. The fraction of sp³-hybridized carbons (Fsp3) is 0.357. The van der Waals surface area contributed by atoms with E-state index < -0.39 is 0 Å². The second-order valence-corrected chi connectivity index (χ2v) is 4.10. The molecule has 1 unspecified atom stereocenters. The average molecular weight is 215 g/mol. The molecule has 0 aliphatic carbocycles. The Morgan fingerprint density at radius 3 is 2.81 bits per heavy atom. The summed E-state index contributed by atoms with van der Waals surface area (Å²) in [7, 11) is 0. The van der Waals surface area contributed by atoms with Crippen LogP contribution in [0.15, 0.2) is 18.2 Å². The van der Waals surface area contributed by atoms with E-state index in [4.69, 9.17) is 6.42 Å². The number of carbonyl (C=O) groups is 1. The van der Waals surface area contributed by atoms with Crippen LogP contribution in [0.25, 0.3) is 0 Å². The molecule has 0 fully saturated rings. The first-order valence-electron chi connectivity index (χ1n) is 5.36. The van der Waals surface area contributed by atoms with E-state index in [1.165, 1.54) is 0 Å². The molecule has 0 heterocycles. The Bertz CT molecular complexity index is 429. The highest BCUT2D eigenvalue weighted by Crippen LogP contribution is 2.10. The van der Waals surface area contributed by atoms with Gasteiger partial charge in [-0.15, -0.1) is 12.3 Å². The second kappa shape index (κ2) is 5.37. The van der Waals surface area contributed by atoms with Gasteiger partial charge in [0, 0.05) is 18.0 Å². The first-order chi connectivity index (χ1) is 7.54. The Morgan fingerprint density at radius 2 is 2.19 bits per heavy atom. The lowest BCUT2D eigenvalue weighted by Crippen LogP contribution is -2.32. The van der Waals surface area contributed by atoms with Crippen LogP contribution in [0.1, 0.15) is 34.8 Å². The predicted octanol–water partition coefficient (Wildman–Crippen LogP) is 2.45. The molecule has 2 heteroatoms. The molecule has 0 aliphatic rings. The number of amides is 1. The van der Waals surface area contributed by atoms with Crippen LogP contribution >= 0.6 is 0 Å². The minimum Gasteiger partial charge on any atom is -0.349 e. The molecular weight excluding hydrogens is 198 g/mol. The second-order valence-electron chi connectivity index (χ2n) is 4.10. The Labute approximate surface area is 97.1 Å². The third kappa shape index (κ3) is 3.13. The number of benzene rings is 1. The molecule has 0 radical (unpaired) electrons. The van der Waals surface area contributed by atoms with E-state index in [1.54, 1.807) is 0 Å². The molecule has 0 aliphatic heterocycles. The molecule has 0 aromatic heterocycles. The van der Waals surface area contributed by atoms with E-state index in [1.807, 2.05) is 39.0 Å². The van der Waals surface area contributed by atoms with Crippen LogP contribution in [-0.4, -0.2) is 11.9 Å². The SMILES string of the molecule is C#CCC(C)NC(=O)c1cc(C)ccc1C. The first kappa shape index (κ1) is 12.3. The van der Waals surface area contributed by atoms with E-state index in [0.717, 1.165) is 16.7 Å². The maximum atomic E-state index is 11.9. The summed E-state index contributed by atoms with van der Waals surface area (Å²) < 4.78 is 0. The van der Waals surface area contributed by atoms with Gasteiger partial charge in [0.05, 0.1) is 0 Å². The van der Waals surface area contributed by atoms with Crippen LogP contribution in [0.5, 0.6) is 0 Å². The number of rotatable bonds is 3. The van der Waals surface area contributed by atoms with Gasteiger partial charge >= 0.3 is 0 Å². The smallest absolute Gasteiger partial charge is 0.251 e. The molecule has 1 rings (SSSR count). The highest BCUT2D eigenvalue weighted by molar-refractivity contribution is 5.96. The van der Waals surface area contributed by atoms with Crippen LogP contribution in [0.3, 0.4) is 0 Å². The maximum absolute atomic E-state index is 11.9. The molecule has 0 saturated heterocycles. The Kier molecular flexibility index (Phi) is 4.13. The normalized spacial score (nSPS) is 11.6. The highest BCUT2D eigenvalue weighted by atomic mass is 16.1. The van der Waals surface area contributed by atoms with Gasteiger partial charge in [-0.3, -0.25) is 4.79 Å².